The SMILES string of the molecule is CNCCCCNc1cc(C)ccc1C. The highest BCUT2D eigenvalue weighted by molar-refractivity contribution is 5.52. The summed E-state index contributed by atoms with van der Waals surface area (Å²) in [5, 5.41) is 6.64. The molecular formula is C13H22N2. The summed E-state index contributed by atoms with van der Waals surface area (Å²) in [6, 6.07) is 6.54. The molecule has 0 spiro atoms. The van der Waals surface area contributed by atoms with Gasteiger partial charge in [0.1, 0.15) is 0 Å². The molecule has 0 amide bonds. The van der Waals surface area contributed by atoms with Crippen molar-refractivity contribution in [1.29, 1.82) is 0 Å². The van der Waals surface area contributed by atoms with Crippen LogP contribution in [0.4, 0.5) is 5.69 Å². The van der Waals surface area contributed by atoms with E-state index >= 15 is 0 Å². The van der Waals surface area contributed by atoms with Crippen molar-refractivity contribution < 1.29 is 0 Å². The van der Waals surface area contributed by atoms with Crippen molar-refractivity contribution in [2.75, 3.05) is 25.5 Å². The van der Waals surface area contributed by atoms with E-state index in [0.717, 1.165) is 13.1 Å². The first-order chi connectivity index (χ1) is 7.24. The Hall–Kier alpha value is -1.02. The molecule has 0 aliphatic heterocycles. The van der Waals surface area contributed by atoms with Crippen LogP contribution in [0.1, 0.15) is 24.0 Å². The van der Waals surface area contributed by atoms with Crippen molar-refractivity contribution in [3.63, 3.8) is 0 Å². The molecule has 0 bridgehead atoms. The molecular weight excluding hydrogens is 184 g/mol. The van der Waals surface area contributed by atoms with Crippen molar-refractivity contribution in [2.45, 2.75) is 26.7 Å². The van der Waals surface area contributed by atoms with Crippen LogP contribution in [0.5, 0.6) is 0 Å². The Morgan fingerprint density at radius 1 is 1.07 bits per heavy atom. The summed E-state index contributed by atoms with van der Waals surface area (Å²) in [4.78, 5) is 0. The molecule has 0 saturated carbocycles. The van der Waals surface area contributed by atoms with Gasteiger partial charge < -0.3 is 10.6 Å². The van der Waals surface area contributed by atoms with E-state index in [-0.39, 0.29) is 0 Å². The second kappa shape index (κ2) is 6.46. The van der Waals surface area contributed by atoms with E-state index in [1.807, 2.05) is 7.05 Å². The number of aryl methyl sites for hydroxylation is 2. The van der Waals surface area contributed by atoms with Gasteiger partial charge in [-0.05, 0) is 57.5 Å². The monoisotopic (exact) mass is 206 g/mol. The van der Waals surface area contributed by atoms with Crippen LogP contribution in [0, 0.1) is 13.8 Å². The van der Waals surface area contributed by atoms with Crippen molar-refractivity contribution >= 4 is 5.69 Å². The van der Waals surface area contributed by atoms with Crippen LogP contribution in [-0.2, 0) is 0 Å². The minimum Gasteiger partial charge on any atom is -0.385 e. The Balaban J connectivity index is 2.33. The van der Waals surface area contributed by atoms with Gasteiger partial charge in [-0.2, -0.15) is 0 Å². The minimum atomic E-state index is 1.06. The van der Waals surface area contributed by atoms with E-state index in [1.54, 1.807) is 0 Å². The van der Waals surface area contributed by atoms with Gasteiger partial charge in [-0.3, -0.25) is 0 Å². The largest absolute Gasteiger partial charge is 0.385 e. The smallest absolute Gasteiger partial charge is 0.0372 e. The number of unbranched alkanes of at least 4 members (excludes halogenated alkanes) is 1. The highest BCUT2D eigenvalue weighted by Crippen LogP contribution is 2.16. The van der Waals surface area contributed by atoms with E-state index in [2.05, 4.69) is 42.7 Å². The lowest BCUT2D eigenvalue weighted by Gasteiger charge is -2.10. The van der Waals surface area contributed by atoms with Crippen LogP contribution < -0.4 is 10.6 Å². The van der Waals surface area contributed by atoms with Gasteiger partial charge >= 0.3 is 0 Å². The fraction of sp³-hybridized carbons (Fsp3) is 0.538. The molecule has 1 aromatic carbocycles. The molecule has 0 aliphatic rings. The third-order valence-corrected chi connectivity index (χ3v) is 2.56. The first-order valence-corrected chi connectivity index (χ1v) is 5.70. The third kappa shape index (κ3) is 4.34. The molecule has 0 saturated heterocycles. The number of hydrogen-bond donors (Lipinski definition) is 2. The van der Waals surface area contributed by atoms with E-state index < -0.39 is 0 Å². The zero-order valence-corrected chi connectivity index (χ0v) is 10.1. The molecule has 2 heteroatoms. The van der Waals surface area contributed by atoms with Crippen LogP contribution in [0.2, 0.25) is 0 Å². The Kier molecular flexibility index (Phi) is 5.19. The Morgan fingerprint density at radius 3 is 2.53 bits per heavy atom. The van der Waals surface area contributed by atoms with E-state index in [4.69, 9.17) is 0 Å². The summed E-state index contributed by atoms with van der Waals surface area (Å²) in [7, 11) is 2.00. The van der Waals surface area contributed by atoms with E-state index in [9.17, 15) is 0 Å². The zero-order valence-electron chi connectivity index (χ0n) is 10.1. The van der Waals surface area contributed by atoms with Gasteiger partial charge in [-0.1, -0.05) is 12.1 Å². The quantitative estimate of drug-likeness (QED) is 0.699. The Morgan fingerprint density at radius 2 is 1.80 bits per heavy atom. The Bertz CT molecular complexity index is 295. The third-order valence-electron chi connectivity index (χ3n) is 2.56. The average Bonchev–Trinajstić information content (AvgIpc) is 2.23. The molecule has 0 fully saturated rings. The summed E-state index contributed by atoms with van der Waals surface area (Å²) < 4.78 is 0. The van der Waals surface area contributed by atoms with Gasteiger partial charge in [-0.15, -0.1) is 0 Å². The maximum Gasteiger partial charge on any atom is 0.0372 e. The van der Waals surface area contributed by atoms with Gasteiger partial charge in [0.05, 0.1) is 0 Å². The number of nitrogens with one attached hydrogen (secondary N) is 2. The number of hydrogen-bond acceptors (Lipinski definition) is 2. The van der Waals surface area contributed by atoms with Crippen LogP contribution in [-0.4, -0.2) is 20.1 Å². The predicted octanol–water partition coefficient (Wildman–Crippen LogP) is 2.71. The second-order valence-corrected chi connectivity index (χ2v) is 4.06. The molecule has 0 radical (unpaired) electrons. The molecule has 2 N–H and O–H groups in total. The number of rotatable bonds is 6. The highest BCUT2D eigenvalue weighted by atomic mass is 14.9. The first kappa shape index (κ1) is 12.1. The summed E-state index contributed by atoms with van der Waals surface area (Å²) >= 11 is 0. The summed E-state index contributed by atoms with van der Waals surface area (Å²) in [6.45, 7) is 6.45. The Labute approximate surface area is 93.1 Å². The predicted molar refractivity (Wildman–Crippen MR) is 67.6 cm³/mol. The maximum absolute atomic E-state index is 3.48. The lowest BCUT2D eigenvalue weighted by atomic mass is 10.1. The molecule has 1 rings (SSSR count). The van der Waals surface area contributed by atoms with Crippen molar-refractivity contribution in [2.24, 2.45) is 0 Å². The van der Waals surface area contributed by atoms with Crippen LogP contribution in [0.25, 0.3) is 0 Å². The topological polar surface area (TPSA) is 24.1 Å². The minimum absolute atomic E-state index is 1.06. The molecule has 0 aromatic heterocycles. The lowest BCUT2D eigenvalue weighted by Crippen LogP contribution is -2.10. The van der Waals surface area contributed by atoms with Crippen LogP contribution in [0.15, 0.2) is 18.2 Å². The van der Waals surface area contributed by atoms with Crippen molar-refractivity contribution in [3.8, 4) is 0 Å². The zero-order chi connectivity index (χ0) is 11.1. The molecule has 0 aliphatic carbocycles. The van der Waals surface area contributed by atoms with Gasteiger partial charge in [0, 0.05) is 12.2 Å². The first-order valence-electron chi connectivity index (χ1n) is 5.70. The molecule has 0 unspecified atom stereocenters. The van der Waals surface area contributed by atoms with Gasteiger partial charge in [-0.25, -0.2) is 0 Å². The van der Waals surface area contributed by atoms with E-state index in [1.165, 1.54) is 29.7 Å². The van der Waals surface area contributed by atoms with E-state index in [0.29, 0.717) is 0 Å². The summed E-state index contributed by atoms with van der Waals surface area (Å²) in [5.74, 6) is 0. The van der Waals surface area contributed by atoms with Gasteiger partial charge in [0.2, 0.25) is 0 Å². The molecule has 15 heavy (non-hydrogen) atoms. The fourth-order valence-corrected chi connectivity index (χ4v) is 1.58. The van der Waals surface area contributed by atoms with Gasteiger partial charge in [0.25, 0.3) is 0 Å². The molecule has 2 nitrogen and oxygen atoms in total. The fourth-order valence-electron chi connectivity index (χ4n) is 1.58. The van der Waals surface area contributed by atoms with Crippen molar-refractivity contribution in [1.82, 2.24) is 5.32 Å². The number of benzene rings is 1. The average molecular weight is 206 g/mol. The molecule has 84 valence electrons. The van der Waals surface area contributed by atoms with Crippen molar-refractivity contribution in [3.05, 3.63) is 29.3 Å². The highest BCUT2D eigenvalue weighted by Gasteiger charge is 1.97. The van der Waals surface area contributed by atoms with Crippen LogP contribution in [0.3, 0.4) is 0 Å². The summed E-state index contributed by atoms with van der Waals surface area (Å²) in [6.07, 6.45) is 2.45. The number of anilines is 1. The second-order valence-electron chi connectivity index (χ2n) is 4.06. The lowest BCUT2D eigenvalue weighted by molar-refractivity contribution is 0.694. The standard InChI is InChI=1S/C13H22N2/c1-11-6-7-12(2)13(10-11)15-9-5-4-8-14-3/h6-7,10,14-15H,4-5,8-9H2,1-3H3. The summed E-state index contributed by atoms with van der Waals surface area (Å²) in [5.41, 5.74) is 3.92. The van der Waals surface area contributed by atoms with Crippen LogP contribution >= 0.6 is 0 Å². The molecule has 1 aromatic rings. The molecule has 0 atom stereocenters. The normalized spacial score (nSPS) is 10.3. The maximum atomic E-state index is 3.48. The van der Waals surface area contributed by atoms with Gasteiger partial charge in [0.15, 0.2) is 0 Å². The molecule has 0 heterocycles.